The molecule has 5 heteroatoms. The third kappa shape index (κ3) is 12.2. The second kappa shape index (κ2) is 11.0. The van der Waals surface area contributed by atoms with E-state index in [2.05, 4.69) is 39.3 Å². The van der Waals surface area contributed by atoms with E-state index in [9.17, 15) is 9.59 Å². The summed E-state index contributed by atoms with van der Waals surface area (Å²) in [7, 11) is -3.38. The van der Waals surface area contributed by atoms with E-state index in [1.807, 2.05) is 0 Å². The summed E-state index contributed by atoms with van der Waals surface area (Å²) < 4.78 is 6.61. The molecule has 0 aromatic rings. The second-order valence-corrected chi connectivity index (χ2v) is 17.4. The van der Waals surface area contributed by atoms with Crippen LogP contribution >= 0.6 is 0 Å². The van der Waals surface area contributed by atoms with Gasteiger partial charge in [-0.25, -0.2) is 0 Å². The van der Waals surface area contributed by atoms with Gasteiger partial charge < -0.3 is 4.12 Å². The third-order valence-corrected chi connectivity index (χ3v) is 11.5. The van der Waals surface area contributed by atoms with Crippen molar-refractivity contribution in [2.45, 2.75) is 90.6 Å². The number of hydrogen-bond acceptors (Lipinski definition) is 3. The zero-order chi connectivity index (χ0) is 19.7. The van der Waals surface area contributed by atoms with Crippen LogP contribution < -0.4 is 0 Å². The molecule has 0 aromatic heterocycles. The van der Waals surface area contributed by atoms with E-state index in [-0.39, 0.29) is 11.6 Å². The van der Waals surface area contributed by atoms with Crippen molar-refractivity contribution in [1.29, 1.82) is 0 Å². The zero-order valence-corrected chi connectivity index (χ0v) is 19.3. The molecule has 0 N–H and O–H groups in total. The van der Waals surface area contributed by atoms with Crippen molar-refractivity contribution in [3.63, 3.8) is 0 Å². The Morgan fingerprint density at radius 2 is 1.12 bits per heavy atom. The molecule has 0 amide bonds. The van der Waals surface area contributed by atoms with Gasteiger partial charge >= 0.3 is 0 Å². The molecule has 25 heavy (non-hydrogen) atoms. The lowest BCUT2D eigenvalue weighted by Gasteiger charge is -2.35. The molecule has 3 nitrogen and oxygen atoms in total. The lowest BCUT2D eigenvalue weighted by Crippen LogP contribution is -2.44. The van der Waals surface area contributed by atoms with Crippen LogP contribution in [0.5, 0.6) is 0 Å². The van der Waals surface area contributed by atoms with E-state index in [4.69, 9.17) is 4.12 Å². The highest BCUT2D eigenvalue weighted by Crippen LogP contribution is 2.28. The molecule has 0 aliphatic carbocycles. The van der Waals surface area contributed by atoms with Gasteiger partial charge in [0.2, 0.25) is 0 Å². The van der Waals surface area contributed by atoms with Crippen molar-refractivity contribution < 1.29 is 13.7 Å². The number of carbonyl (C=O) groups is 2. The molecule has 0 fully saturated rings. The number of carbonyl (C=O) groups excluding carboxylic acids is 2. The SMILES string of the molecule is C=C(C)C(=O)CCCC[Si](C)(CCCCC(=O)C(=C)C)O[Si](C)(C)C. The van der Waals surface area contributed by atoms with E-state index >= 15 is 0 Å². The maximum Gasteiger partial charge on any atom is 0.176 e. The van der Waals surface area contributed by atoms with E-state index < -0.39 is 16.6 Å². The van der Waals surface area contributed by atoms with Crippen LogP contribution in [-0.4, -0.2) is 28.2 Å². The van der Waals surface area contributed by atoms with Crippen LogP contribution in [0.15, 0.2) is 24.3 Å². The second-order valence-electron chi connectivity index (χ2n) is 8.49. The monoisotopic (exact) mass is 382 g/mol. The topological polar surface area (TPSA) is 43.4 Å². The molecule has 0 saturated carbocycles. The highest BCUT2D eigenvalue weighted by atomic mass is 28.4. The molecule has 0 spiro atoms. The number of ketones is 2. The summed E-state index contributed by atoms with van der Waals surface area (Å²) in [4.78, 5) is 23.3. The average molecular weight is 383 g/mol. The zero-order valence-electron chi connectivity index (χ0n) is 17.3. The Morgan fingerprint density at radius 3 is 1.40 bits per heavy atom. The van der Waals surface area contributed by atoms with Crippen molar-refractivity contribution in [2.24, 2.45) is 0 Å². The van der Waals surface area contributed by atoms with Gasteiger partial charge in [-0.2, -0.15) is 0 Å². The quantitative estimate of drug-likeness (QED) is 0.209. The highest BCUT2D eigenvalue weighted by Gasteiger charge is 2.33. The van der Waals surface area contributed by atoms with Crippen molar-refractivity contribution in [3.8, 4) is 0 Å². The Morgan fingerprint density at radius 1 is 0.760 bits per heavy atom. The normalized spacial score (nSPS) is 12.1. The van der Waals surface area contributed by atoms with Gasteiger partial charge in [0.05, 0.1) is 0 Å². The first-order valence-electron chi connectivity index (χ1n) is 9.44. The maximum atomic E-state index is 11.7. The summed E-state index contributed by atoms with van der Waals surface area (Å²) in [5.74, 6) is 0.348. The number of hydrogen-bond donors (Lipinski definition) is 0. The van der Waals surface area contributed by atoms with E-state index in [0.717, 1.165) is 37.8 Å². The number of rotatable bonds is 14. The summed E-state index contributed by atoms with van der Waals surface area (Å²) in [5, 5.41) is 0. The first kappa shape index (κ1) is 24.2. The molecular weight excluding hydrogens is 344 g/mol. The van der Waals surface area contributed by atoms with Crippen LogP contribution in [0.1, 0.15) is 52.4 Å². The largest absolute Gasteiger partial charge is 0.456 e. The Kier molecular flexibility index (Phi) is 10.7. The molecule has 0 unspecified atom stereocenters. The highest BCUT2D eigenvalue weighted by molar-refractivity contribution is 6.84. The first-order chi connectivity index (χ1) is 11.4. The van der Waals surface area contributed by atoms with E-state index in [1.54, 1.807) is 13.8 Å². The van der Waals surface area contributed by atoms with Crippen LogP contribution in [0.3, 0.4) is 0 Å². The molecule has 0 saturated heterocycles. The molecule has 0 heterocycles. The minimum absolute atomic E-state index is 0.174. The smallest absolute Gasteiger partial charge is 0.176 e. The summed E-state index contributed by atoms with van der Waals surface area (Å²) in [6, 6.07) is 2.18. The Balaban J connectivity index is 4.47. The predicted octanol–water partition coefficient (Wildman–Crippen LogP) is 6.04. The van der Waals surface area contributed by atoms with Crippen molar-refractivity contribution in [1.82, 2.24) is 0 Å². The Labute approximate surface area is 157 Å². The molecule has 0 aliphatic heterocycles. The molecule has 0 aliphatic rings. The van der Waals surface area contributed by atoms with Crippen LogP contribution in [0.25, 0.3) is 0 Å². The van der Waals surface area contributed by atoms with Gasteiger partial charge in [0.25, 0.3) is 0 Å². The molecule has 0 atom stereocenters. The van der Waals surface area contributed by atoms with Gasteiger partial charge in [-0.15, -0.1) is 0 Å². The summed E-state index contributed by atoms with van der Waals surface area (Å²) in [5.41, 5.74) is 1.31. The van der Waals surface area contributed by atoms with Crippen LogP contribution in [0.2, 0.25) is 38.3 Å². The number of allylic oxidation sites excluding steroid dienone is 2. The minimum Gasteiger partial charge on any atom is -0.456 e. The summed E-state index contributed by atoms with van der Waals surface area (Å²) >= 11 is 0. The van der Waals surface area contributed by atoms with Crippen molar-refractivity contribution >= 4 is 28.2 Å². The lowest BCUT2D eigenvalue weighted by atomic mass is 10.1. The Bertz CT molecular complexity index is 456. The molecule has 0 aromatic carbocycles. The molecular formula is C20H38O3Si2. The van der Waals surface area contributed by atoms with Gasteiger partial charge in [-0.05, 0) is 76.1 Å². The fourth-order valence-corrected chi connectivity index (χ4v) is 11.9. The van der Waals surface area contributed by atoms with Gasteiger partial charge in [0.15, 0.2) is 28.2 Å². The van der Waals surface area contributed by atoms with Gasteiger partial charge in [0, 0.05) is 12.8 Å². The van der Waals surface area contributed by atoms with Gasteiger partial charge in [-0.1, -0.05) is 26.0 Å². The van der Waals surface area contributed by atoms with E-state index in [0.29, 0.717) is 24.0 Å². The number of unbranched alkanes of at least 4 members (excludes halogenated alkanes) is 2. The fourth-order valence-electron chi connectivity index (χ4n) is 2.96. The lowest BCUT2D eigenvalue weighted by molar-refractivity contribution is -0.116. The van der Waals surface area contributed by atoms with Crippen LogP contribution in [0.4, 0.5) is 0 Å². The van der Waals surface area contributed by atoms with E-state index in [1.165, 1.54) is 0 Å². The number of Topliss-reactive ketones (excluding diaryl/α,β-unsaturated/α-hetero) is 2. The van der Waals surface area contributed by atoms with Crippen molar-refractivity contribution in [3.05, 3.63) is 24.3 Å². The van der Waals surface area contributed by atoms with Crippen molar-refractivity contribution in [2.75, 3.05) is 0 Å². The summed E-state index contributed by atoms with van der Waals surface area (Å²) in [6.45, 7) is 20.0. The molecule has 0 bridgehead atoms. The maximum absolute atomic E-state index is 11.7. The minimum atomic E-state index is -1.79. The Hall–Kier alpha value is -0.786. The fraction of sp³-hybridized carbons (Fsp3) is 0.700. The average Bonchev–Trinajstić information content (AvgIpc) is 2.45. The van der Waals surface area contributed by atoms with Crippen LogP contribution in [-0.2, 0) is 13.7 Å². The third-order valence-electron chi connectivity index (χ3n) is 4.22. The van der Waals surface area contributed by atoms with Crippen LogP contribution in [0, 0.1) is 0 Å². The predicted molar refractivity (Wildman–Crippen MR) is 113 cm³/mol. The molecule has 0 radical (unpaired) electrons. The summed E-state index contributed by atoms with van der Waals surface area (Å²) in [6.07, 6.45) is 5.10. The van der Waals surface area contributed by atoms with Gasteiger partial charge in [0.1, 0.15) is 0 Å². The molecule has 0 rings (SSSR count). The molecule has 144 valence electrons. The first-order valence-corrected chi connectivity index (χ1v) is 15.7. The van der Waals surface area contributed by atoms with Gasteiger partial charge in [-0.3, -0.25) is 9.59 Å². The standard InChI is InChI=1S/C20H38O3Si2/c1-17(2)19(21)13-9-11-15-25(8,23-24(5,6)7)16-12-10-14-20(22)18(3)4/h1,3,9-16H2,2,4-8H3.